The smallest absolute Gasteiger partial charge is 0.248 e. The van der Waals surface area contributed by atoms with Crippen LogP contribution in [0, 0.1) is 19.7 Å². The fourth-order valence-electron chi connectivity index (χ4n) is 2.95. The Bertz CT molecular complexity index is 1030. The fourth-order valence-corrected chi connectivity index (χ4v) is 5.01. The first-order chi connectivity index (χ1) is 12.7. The average Bonchev–Trinajstić information content (AvgIpc) is 3.08. The minimum absolute atomic E-state index is 0.0104. The number of nitrogens with one attached hydrogen (secondary N) is 1. The summed E-state index contributed by atoms with van der Waals surface area (Å²) in [5.41, 5.74) is 1.98. The van der Waals surface area contributed by atoms with Crippen LogP contribution in [0.4, 0.5) is 10.1 Å². The zero-order chi connectivity index (χ0) is 19.8. The summed E-state index contributed by atoms with van der Waals surface area (Å²) in [6, 6.07) is 4.14. The lowest BCUT2D eigenvalue weighted by Gasteiger charge is -2.09. The Labute approximate surface area is 161 Å². The van der Waals surface area contributed by atoms with Crippen LogP contribution in [0.15, 0.2) is 24.3 Å². The molecule has 0 bridgehead atoms. The molecule has 1 N–H and O–H groups in total. The van der Waals surface area contributed by atoms with Crippen molar-refractivity contribution in [2.45, 2.75) is 26.3 Å². The first kappa shape index (κ1) is 19.6. The molecule has 3 rings (SSSR count). The van der Waals surface area contributed by atoms with Crippen molar-refractivity contribution in [1.82, 2.24) is 9.78 Å². The number of nitrogens with zero attached hydrogens (tertiary/aromatic N) is 2. The average molecular weight is 412 g/mol. The molecular formula is C18H19ClFN3O3S. The molecule has 1 atom stereocenters. The van der Waals surface area contributed by atoms with E-state index in [2.05, 4.69) is 10.4 Å². The highest BCUT2D eigenvalue weighted by Gasteiger charge is 2.31. The van der Waals surface area contributed by atoms with Gasteiger partial charge in [-0.05, 0) is 44.0 Å². The van der Waals surface area contributed by atoms with Crippen LogP contribution in [0.25, 0.3) is 6.08 Å². The molecule has 27 heavy (non-hydrogen) atoms. The predicted molar refractivity (Wildman–Crippen MR) is 103 cm³/mol. The van der Waals surface area contributed by atoms with E-state index < -0.39 is 21.6 Å². The number of benzene rings is 1. The molecule has 9 heteroatoms. The summed E-state index contributed by atoms with van der Waals surface area (Å²) in [5, 5.41) is 7.20. The second-order valence-corrected chi connectivity index (χ2v) is 9.16. The van der Waals surface area contributed by atoms with Crippen LogP contribution < -0.4 is 5.32 Å². The molecule has 1 saturated heterocycles. The first-order valence-corrected chi connectivity index (χ1v) is 10.6. The Balaban J connectivity index is 1.75. The van der Waals surface area contributed by atoms with Gasteiger partial charge in [-0.3, -0.25) is 4.79 Å². The highest BCUT2D eigenvalue weighted by atomic mass is 35.5. The number of carbonyl (C=O) groups is 1. The van der Waals surface area contributed by atoms with Gasteiger partial charge < -0.3 is 5.32 Å². The summed E-state index contributed by atoms with van der Waals surface area (Å²) in [6.07, 6.45) is 3.26. The van der Waals surface area contributed by atoms with Gasteiger partial charge in [-0.15, -0.1) is 0 Å². The van der Waals surface area contributed by atoms with E-state index in [4.69, 9.17) is 11.6 Å². The topological polar surface area (TPSA) is 81.1 Å². The highest BCUT2D eigenvalue weighted by Crippen LogP contribution is 2.30. The minimum Gasteiger partial charge on any atom is -0.322 e. The molecule has 1 fully saturated rings. The third-order valence-corrected chi connectivity index (χ3v) is 6.59. The molecule has 0 aliphatic carbocycles. The second-order valence-electron chi connectivity index (χ2n) is 6.58. The third kappa shape index (κ3) is 4.39. The van der Waals surface area contributed by atoms with E-state index in [1.807, 2.05) is 0 Å². The summed E-state index contributed by atoms with van der Waals surface area (Å²) in [5.74, 6) is -0.710. The van der Waals surface area contributed by atoms with Crippen molar-refractivity contribution in [2.75, 3.05) is 16.8 Å². The van der Waals surface area contributed by atoms with Crippen LogP contribution in [-0.4, -0.2) is 35.6 Å². The van der Waals surface area contributed by atoms with E-state index in [-0.39, 0.29) is 17.5 Å². The van der Waals surface area contributed by atoms with E-state index in [1.54, 1.807) is 26.0 Å². The Morgan fingerprint density at radius 2 is 2.15 bits per heavy atom. The van der Waals surface area contributed by atoms with Gasteiger partial charge >= 0.3 is 0 Å². The molecule has 0 unspecified atom stereocenters. The van der Waals surface area contributed by atoms with Crippen molar-refractivity contribution in [3.63, 3.8) is 0 Å². The predicted octanol–water partition coefficient (Wildman–Crippen LogP) is 3.30. The van der Waals surface area contributed by atoms with Gasteiger partial charge in [0.15, 0.2) is 9.84 Å². The quantitative estimate of drug-likeness (QED) is 0.782. The molecular weight excluding hydrogens is 393 g/mol. The molecule has 0 saturated carbocycles. The van der Waals surface area contributed by atoms with Gasteiger partial charge in [0, 0.05) is 17.3 Å². The molecule has 0 radical (unpaired) electrons. The van der Waals surface area contributed by atoms with Gasteiger partial charge in [-0.1, -0.05) is 17.7 Å². The Morgan fingerprint density at radius 1 is 1.41 bits per heavy atom. The monoisotopic (exact) mass is 411 g/mol. The fraction of sp³-hybridized carbons (Fsp3) is 0.333. The number of halogens is 2. The van der Waals surface area contributed by atoms with Crippen molar-refractivity contribution in [3.05, 3.63) is 52.1 Å². The van der Waals surface area contributed by atoms with Gasteiger partial charge in [0.25, 0.3) is 0 Å². The summed E-state index contributed by atoms with van der Waals surface area (Å²) < 4.78 is 38.4. The number of amides is 1. The van der Waals surface area contributed by atoms with Crippen LogP contribution >= 0.6 is 11.6 Å². The van der Waals surface area contributed by atoms with E-state index >= 15 is 0 Å². The Kier molecular flexibility index (Phi) is 5.39. The molecule has 1 aliphatic rings. The minimum atomic E-state index is -3.06. The van der Waals surface area contributed by atoms with Crippen molar-refractivity contribution in [1.29, 1.82) is 0 Å². The van der Waals surface area contributed by atoms with Crippen molar-refractivity contribution in [2.24, 2.45) is 0 Å². The first-order valence-electron chi connectivity index (χ1n) is 8.36. The van der Waals surface area contributed by atoms with E-state index in [1.165, 1.54) is 22.9 Å². The number of aromatic nitrogens is 2. The van der Waals surface area contributed by atoms with Gasteiger partial charge in [0.05, 0.1) is 23.2 Å². The summed E-state index contributed by atoms with van der Waals surface area (Å²) in [4.78, 5) is 12.1. The highest BCUT2D eigenvalue weighted by molar-refractivity contribution is 7.91. The molecule has 1 aromatic heterocycles. The number of hydrogen-bond donors (Lipinski definition) is 1. The van der Waals surface area contributed by atoms with E-state index in [0.717, 1.165) is 0 Å². The molecule has 1 aliphatic heterocycles. The van der Waals surface area contributed by atoms with Crippen molar-refractivity contribution >= 4 is 39.1 Å². The van der Waals surface area contributed by atoms with Gasteiger partial charge in [-0.25, -0.2) is 17.5 Å². The van der Waals surface area contributed by atoms with Crippen molar-refractivity contribution < 1.29 is 17.6 Å². The molecule has 2 heterocycles. The molecule has 1 amide bonds. The molecule has 144 valence electrons. The SMILES string of the molecule is Cc1ccc(NC(=O)/C=C/c2c(C)nn([C@H]3CCS(=O)(=O)C3)c2Cl)cc1F. The Morgan fingerprint density at radius 3 is 2.78 bits per heavy atom. The maximum Gasteiger partial charge on any atom is 0.248 e. The molecule has 1 aromatic carbocycles. The van der Waals surface area contributed by atoms with Crippen LogP contribution in [0.2, 0.25) is 5.15 Å². The number of hydrogen-bond acceptors (Lipinski definition) is 4. The maximum absolute atomic E-state index is 13.6. The normalized spacial score (nSPS) is 18.9. The van der Waals surface area contributed by atoms with Crippen LogP contribution in [0.3, 0.4) is 0 Å². The number of anilines is 1. The number of carbonyl (C=O) groups excluding carboxylic acids is 1. The lowest BCUT2D eigenvalue weighted by Crippen LogP contribution is -2.12. The van der Waals surface area contributed by atoms with Gasteiger partial charge in [0.1, 0.15) is 11.0 Å². The van der Waals surface area contributed by atoms with Crippen molar-refractivity contribution in [3.8, 4) is 0 Å². The number of rotatable bonds is 4. The molecule has 2 aromatic rings. The molecule has 6 nitrogen and oxygen atoms in total. The number of aryl methyl sites for hydroxylation is 2. The zero-order valence-electron chi connectivity index (χ0n) is 14.9. The lowest BCUT2D eigenvalue weighted by atomic mass is 10.2. The largest absolute Gasteiger partial charge is 0.322 e. The second kappa shape index (κ2) is 7.44. The standard InChI is InChI=1S/C18H19ClFN3O3S/c1-11-3-4-13(9-16(11)20)21-17(24)6-5-15-12(2)22-23(18(15)19)14-7-8-27(25,26)10-14/h3-6,9,14H,7-8,10H2,1-2H3,(H,21,24)/b6-5+/t14-/m0/s1. The zero-order valence-corrected chi connectivity index (χ0v) is 16.4. The number of sulfone groups is 1. The Hall–Kier alpha value is -2.19. The van der Waals surface area contributed by atoms with Crippen LogP contribution in [0.1, 0.15) is 29.3 Å². The van der Waals surface area contributed by atoms with Crippen LogP contribution in [0.5, 0.6) is 0 Å². The summed E-state index contributed by atoms with van der Waals surface area (Å²) in [7, 11) is -3.06. The van der Waals surface area contributed by atoms with Crippen LogP contribution in [-0.2, 0) is 14.6 Å². The van der Waals surface area contributed by atoms with E-state index in [0.29, 0.717) is 34.1 Å². The maximum atomic E-state index is 13.6. The lowest BCUT2D eigenvalue weighted by molar-refractivity contribution is -0.111. The van der Waals surface area contributed by atoms with Gasteiger partial charge in [0.2, 0.25) is 5.91 Å². The third-order valence-electron chi connectivity index (χ3n) is 4.47. The van der Waals surface area contributed by atoms with E-state index in [9.17, 15) is 17.6 Å². The summed E-state index contributed by atoms with van der Waals surface area (Å²) >= 11 is 6.36. The van der Waals surface area contributed by atoms with Gasteiger partial charge in [-0.2, -0.15) is 5.10 Å². The summed E-state index contributed by atoms with van der Waals surface area (Å²) in [6.45, 7) is 3.37. The molecule has 0 spiro atoms.